The first kappa shape index (κ1) is 17.4. The first-order valence-electron chi connectivity index (χ1n) is 7.40. The number of sulfonamides is 1. The molecule has 1 atom stereocenters. The third-order valence-corrected chi connectivity index (χ3v) is 5.73. The maximum Gasteiger partial charge on any atom is 0.322 e. The van der Waals surface area contributed by atoms with Crippen LogP contribution in [0.4, 0.5) is 0 Å². The molecule has 2 N–H and O–H groups in total. The lowest BCUT2D eigenvalue weighted by Crippen LogP contribution is -2.40. The summed E-state index contributed by atoms with van der Waals surface area (Å²) in [6, 6.07) is 5.34. The number of nitrogens with one attached hydrogen (secondary N) is 1. The van der Waals surface area contributed by atoms with Crippen molar-refractivity contribution < 1.29 is 23.1 Å². The fourth-order valence-electron chi connectivity index (χ4n) is 2.62. The van der Waals surface area contributed by atoms with E-state index in [4.69, 9.17) is 5.11 Å². The van der Waals surface area contributed by atoms with Gasteiger partial charge in [0.25, 0.3) is 0 Å². The van der Waals surface area contributed by atoms with Crippen molar-refractivity contribution in [1.29, 1.82) is 0 Å². The molecule has 8 heteroatoms. The molecule has 1 fully saturated rings. The molecular weight excluding hydrogens is 320 g/mol. The van der Waals surface area contributed by atoms with Gasteiger partial charge in [0, 0.05) is 20.0 Å². The fraction of sp³-hybridized carbons (Fsp3) is 0.467. The molecule has 0 aliphatic carbocycles. The van der Waals surface area contributed by atoms with Crippen LogP contribution in [0.25, 0.3) is 0 Å². The zero-order valence-corrected chi connectivity index (χ0v) is 13.7. The van der Waals surface area contributed by atoms with Gasteiger partial charge in [0.05, 0.1) is 4.90 Å². The highest BCUT2D eigenvalue weighted by atomic mass is 32.2. The normalized spacial score (nSPS) is 18.7. The Balaban J connectivity index is 2.11. The molecule has 0 aromatic heterocycles. The Morgan fingerprint density at radius 1 is 1.30 bits per heavy atom. The smallest absolute Gasteiger partial charge is 0.322 e. The molecule has 1 aliphatic rings. The molecule has 1 saturated heterocycles. The van der Waals surface area contributed by atoms with E-state index in [0.717, 1.165) is 9.87 Å². The molecule has 126 valence electrons. The van der Waals surface area contributed by atoms with Crippen molar-refractivity contribution in [3.63, 3.8) is 0 Å². The Kier molecular flexibility index (Phi) is 5.38. The highest BCUT2D eigenvalue weighted by Crippen LogP contribution is 2.26. The van der Waals surface area contributed by atoms with Gasteiger partial charge in [-0.25, -0.2) is 8.42 Å². The summed E-state index contributed by atoms with van der Waals surface area (Å²) >= 11 is 0. The zero-order valence-electron chi connectivity index (χ0n) is 12.9. The van der Waals surface area contributed by atoms with Gasteiger partial charge in [0.15, 0.2) is 0 Å². The van der Waals surface area contributed by atoms with Crippen LogP contribution in [-0.4, -0.2) is 48.8 Å². The molecule has 1 amide bonds. The van der Waals surface area contributed by atoms with Crippen molar-refractivity contribution in [2.75, 3.05) is 13.1 Å². The molecule has 1 aliphatic heterocycles. The minimum Gasteiger partial charge on any atom is -0.480 e. The van der Waals surface area contributed by atoms with Crippen molar-refractivity contribution in [3.8, 4) is 0 Å². The third-order valence-electron chi connectivity index (χ3n) is 3.81. The Bertz CT molecular complexity index is 684. The minimum absolute atomic E-state index is 0.0916. The van der Waals surface area contributed by atoms with Gasteiger partial charge < -0.3 is 10.4 Å². The molecular formula is C15H20N2O5S. The molecule has 1 heterocycles. The van der Waals surface area contributed by atoms with Crippen LogP contribution < -0.4 is 5.32 Å². The van der Waals surface area contributed by atoms with E-state index in [9.17, 15) is 18.0 Å². The lowest BCUT2D eigenvalue weighted by Gasteiger charge is -2.21. The molecule has 0 spiro atoms. The Labute approximate surface area is 135 Å². The van der Waals surface area contributed by atoms with Crippen molar-refractivity contribution in [2.24, 2.45) is 0 Å². The van der Waals surface area contributed by atoms with Gasteiger partial charge in [-0.2, -0.15) is 4.31 Å². The number of aliphatic carboxylic acids is 1. The number of carboxylic acid groups (broad SMARTS) is 1. The molecule has 0 saturated carbocycles. The van der Waals surface area contributed by atoms with Crippen LogP contribution in [0.5, 0.6) is 0 Å². The van der Waals surface area contributed by atoms with Crippen LogP contribution in [0.2, 0.25) is 0 Å². The van der Waals surface area contributed by atoms with Crippen molar-refractivity contribution >= 4 is 21.9 Å². The van der Waals surface area contributed by atoms with Gasteiger partial charge in [0.1, 0.15) is 6.04 Å². The monoisotopic (exact) mass is 340 g/mol. The molecule has 2 rings (SSSR count). The Morgan fingerprint density at radius 2 is 1.96 bits per heavy atom. The number of nitrogens with zero attached hydrogens (tertiary/aromatic N) is 1. The number of carboxylic acids is 1. The van der Waals surface area contributed by atoms with E-state index in [1.807, 2.05) is 0 Å². The predicted molar refractivity (Wildman–Crippen MR) is 83.4 cm³/mol. The average Bonchev–Trinajstić information content (AvgIpc) is 2.98. The molecule has 1 aromatic rings. The summed E-state index contributed by atoms with van der Waals surface area (Å²) in [6.45, 7) is 2.14. The highest BCUT2D eigenvalue weighted by molar-refractivity contribution is 7.89. The largest absolute Gasteiger partial charge is 0.480 e. The van der Waals surface area contributed by atoms with E-state index in [1.165, 1.54) is 19.1 Å². The first-order chi connectivity index (χ1) is 10.8. The number of benzene rings is 1. The molecule has 0 bridgehead atoms. The molecule has 1 aromatic carbocycles. The van der Waals surface area contributed by atoms with Gasteiger partial charge in [-0.1, -0.05) is 12.1 Å². The quantitative estimate of drug-likeness (QED) is 0.789. The summed E-state index contributed by atoms with van der Waals surface area (Å²) < 4.78 is 26.2. The maximum absolute atomic E-state index is 12.6. The van der Waals surface area contributed by atoms with E-state index in [-0.39, 0.29) is 17.3 Å². The van der Waals surface area contributed by atoms with E-state index in [2.05, 4.69) is 5.32 Å². The van der Waals surface area contributed by atoms with Gasteiger partial charge in [-0.05, 0) is 37.0 Å². The fourth-order valence-corrected chi connectivity index (χ4v) is 4.27. The molecule has 7 nitrogen and oxygen atoms in total. The number of rotatable bonds is 6. The van der Waals surface area contributed by atoms with Gasteiger partial charge in [-0.15, -0.1) is 0 Å². The Hall–Kier alpha value is -1.93. The number of carbonyl (C=O) groups excluding carboxylic acids is 1. The number of hydrogen-bond acceptors (Lipinski definition) is 4. The van der Waals surface area contributed by atoms with E-state index in [0.29, 0.717) is 25.8 Å². The summed E-state index contributed by atoms with van der Waals surface area (Å²) in [5, 5.41) is 11.8. The summed E-state index contributed by atoms with van der Waals surface area (Å²) in [7, 11) is -3.80. The lowest BCUT2D eigenvalue weighted by atomic mass is 10.1. The van der Waals surface area contributed by atoms with Crippen molar-refractivity contribution in [3.05, 3.63) is 29.8 Å². The van der Waals surface area contributed by atoms with Crippen molar-refractivity contribution in [2.45, 2.75) is 37.1 Å². The summed E-state index contributed by atoms with van der Waals surface area (Å²) in [6.07, 6.45) is 1.48. The average molecular weight is 340 g/mol. The molecule has 0 radical (unpaired) electrons. The number of carbonyl (C=O) groups is 2. The second-order valence-electron chi connectivity index (χ2n) is 5.49. The second kappa shape index (κ2) is 7.10. The zero-order chi connectivity index (χ0) is 17.0. The highest BCUT2D eigenvalue weighted by Gasteiger charge is 2.39. The van der Waals surface area contributed by atoms with E-state index < -0.39 is 22.0 Å². The van der Waals surface area contributed by atoms with E-state index in [1.54, 1.807) is 12.1 Å². The standard InChI is InChI=1S/C15H20N2O5S/c1-11(18)16-9-8-12-4-6-13(7-5-12)23(21,22)17-10-2-3-14(17)15(19)20/h4-7,14H,2-3,8-10H2,1H3,(H,16,18)(H,19,20)/t14-/m1/s1. The topological polar surface area (TPSA) is 104 Å². The number of amides is 1. The predicted octanol–water partition coefficient (Wildman–Crippen LogP) is 0.603. The molecule has 23 heavy (non-hydrogen) atoms. The van der Waals surface area contributed by atoms with Crippen LogP contribution in [0.1, 0.15) is 25.3 Å². The van der Waals surface area contributed by atoms with Gasteiger partial charge in [0.2, 0.25) is 15.9 Å². The Morgan fingerprint density at radius 3 is 2.52 bits per heavy atom. The van der Waals surface area contributed by atoms with Crippen molar-refractivity contribution in [1.82, 2.24) is 9.62 Å². The first-order valence-corrected chi connectivity index (χ1v) is 8.84. The summed E-state index contributed by atoms with van der Waals surface area (Å²) in [5.41, 5.74) is 0.897. The third kappa shape index (κ3) is 4.08. The van der Waals surface area contributed by atoms with Crippen LogP contribution >= 0.6 is 0 Å². The van der Waals surface area contributed by atoms with Crippen LogP contribution in [0, 0.1) is 0 Å². The van der Waals surface area contributed by atoms with Crippen LogP contribution in [0.15, 0.2) is 29.2 Å². The SMILES string of the molecule is CC(=O)NCCc1ccc(S(=O)(=O)N2CCC[C@@H]2C(=O)O)cc1. The maximum atomic E-state index is 12.6. The molecule has 0 unspecified atom stereocenters. The minimum atomic E-state index is -3.80. The van der Waals surface area contributed by atoms with Gasteiger partial charge >= 0.3 is 5.97 Å². The second-order valence-corrected chi connectivity index (χ2v) is 7.38. The number of hydrogen-bond donors (Lipinski definition) is 2. The summed E-state index contributed by atoms with van der Waals surface area (Å²) in [5.74, 6) is -1.23. The van der Waals surface area contributed by atoms with Crippen LogP contribution in [0.3, 0.4) is 0 Å². The van der Waals surface area contributed by atoms with E-state index >= 15 is 0 Å². The van der Waals surface area contributed by atoms with Crippen LogP contribution in [-0.2, 0) is 26.0 Å². The van der Waals surface area contributed by atoms with Gasteiger partial charge in [-0.3, -0.25) is 9.59 Å². The summed E-state index contributed by atoms with van der Waals surface area (Å²) in [4.78, 5) is 22.1. The lowest BCUT2D eigenvalue weighted by molar-refractivity contribution is -0.140.